The molecule has 1 atom stereocenters. The van der Waals surface area contributed by atoms with Crippen molar-refractivity contribution in [3.05, 3.63) is 29.8 Å². The lowest BCUT2D eigenvalue weighted by molar-refractivity contribution is 0.0773. The van der Waals surface area contributed by atoms with E-state index in [9.17, 15) is 18.3 Å². The summed E-state index contributed by atoms with van der Waals surface area (Å²) in [7, 11) is -3.70. The molecule has 3 aliphatic rings. The van der Waals surface area contributed by atoms with E-state index < -0.39 is 10.0 Å². The van der Waals surface area contributed by atoms with Crippen LogP contribution in [0.1, 0.15) is 55.3 Å². The van der Waals surface area contributed by atoms with E-state index >= 15 is 0 Å². The molecule has 2 aliphatic heterocycles. The summed E-state index contributed by atoms with van der Waals surface area (Å²) >= 11 is 0. The van der Waals surface area contributed by atoms with Crippen LogP contribution in [0.25, 0.3) is 0 Å². The van der Waals surface area contributed by atoms with E-state index in [0.717, 1.165) is 25.9 Å². The van der Waals surface area contributed by atoms with Crippen LogP contribution in [0.5, 0.6) is 0 Å². The van der Waals surface area contributed by atoms with Gasteiger partial charge in [0.2, 0.25) is 10.0 Å². The van der Waals surface area contributed by atoms with Crippen LogP contribution in [-0.4, -0.2) is 60.9 Å². The van der Waals surface area contributed by atoms with Crippen LogP contribution in [0.3, 0.4) is 0 Å². The molecule has 3 fully saturated rings. The Morgan fingerprint density at radius 1 is 1.15 bits per heavy atom. The van der Waals surface area contributed by atoms with E-state index in [2.05, 4.69) is 0 Å². The smallest absolute Gasteiger partial charge is 0.253 e. The van der Waals surface area contributed by atoms with Crippen molar-refractivity contribution in [1.82, 2.24) is 9.21 Å². The van der Waals surface area contributed by atoms with Crippen LogP contribution < -0.4 is 0 Å². The van der Waals surface area contributed by atoms with Gasteiger partial charge in [-0.05, 0) is 55.7 Å². The van der Waals surface area contributed by atoms with Gasteiger partial charge < -0.3 is 10.0 Å². The highest BCUT2D eigenvalue weighted by Crippen LogP contribution is 2.45. The average Bonchev–Trinajstić information content (AvgIpc) is 3.43. The van der Waals surface area contributed by atoms with Gasteiger partial charge in [0.05, 0.1) is 11.5 Å². The minimum atomic E-state index is -3.70. The summed E-state index contributed by atoms with van der Waals surface area (Å²) in [4.78, 5) is 15.0. The van der Waals surface area contributed by atoms with Crippen molar-refractivity contribution in [2.24, 2.45) is 5.41 Å². The first-order valence-corrected chi connectivity index (χ1v) is 11.4. The van der Waals surface area contributed by atoms with Crippen molar-refractivity contribution in [2.45, 2.75) is 55.9 Å². The van der Waals surface area contributed by atoms with Crippen LogP contribution in [0.15, 0.2) is 29.2 Å². The number of nitrogens with zero attached hydrogens (tertiary/aromatic N) is 2. The van der Waals surface area contributed by atoms with Gasteiger partial charge in [0.15, 0.2) is 0 Å². The number of aliphatic hydroxyl groups is 1. The number of carbonyl (C=O) groups excluding carboxylic acids is 1. The lowest BCUT2D eigenvalue weighted by Crippen LogP contribution is -2.37. The number of benzene rings is 1. The highest BCUT2D eigenvalue weighted by atomic mass is 32.2. The van der Waals surface area contributed by atoms with Crippen LogP contribution in [0, 0.1) is 5.41 Å². The van der Waals surface area contributed by atoms with Gasteiger partial charge in [-0.1, -0.05) is 18.9 Å². The minimum Gasteiger partial charge on any atom is -0.395 e. The third-order valence-corrected chi connectivity index (χ3v) is 8.56. The Morgan fingerprint density at radius 2 is 1.93 bits per heavy atom. The lowest BCUT2D eigenvalue weighted by atomic mass is 9.86. The number of carbonyl (C=O) groups is 1. The van der Waals surface area contributed by atoms with E-state index in [1.54, 1.807) is 18.2 Å². The third-order valence-electron chi connectivity index (χ3n) is 6.61. The molecule has 27 heavy (non-hydrogen) atoms. The maximum atomic E-state index is 13.0. The zero-order valence-corrected chi connectivity index (χ0v) is 16.5. The molecule has 1 saturated carbocycles. The normalized spacial score (nSPS) is 25.5. The summed E-state index contributed by atoms with van der Waals surface area (Å²) in [6.45, 7) is 1.80. The van der Waals surface area contributed by atoms with Crippen molar-refractivity contribution in [3.63, 3.8) is 0 Å². The molecule has 0 radical (unpaired) electrons. The molecule has 4 rings (SSSR count). The largest absolute Gasteiger partial charge is 0.395 e. The van der Waals surface area contributed by atoms with E-state index in [1.165, 1.54) is 36.1 Å². The van der Waals surface area contributed by atoms with E-state index in [4.69, 9.17) is 0 Å². The zero-order chi connectivity index (χ0) is 19.1. The summed E-state index contributed by atoms with van der Waals surface area (Å²) in [5.74, 6) is -0.0732. The minimum absolute atomic E-state index is 0.0732. The Labute approximate surface area is 161 Å². The Bertz CT molecular complexity index is 817. The molecule has 0 bridgehead atoms. The van der Waals surface area contributed by atoms with Crippen LogP contribution in [0.4, 0.5) is 0 Å². The first-order chi connectivity index (χ1) is 13.0. The van der Waals surface area contributed by atoms with Gasteiger partial charge >= 0.3 is 0 Å². The molecule has 2 saturated heterocycles. The van der Waals surface area contributed by atoms with Crippen molar-refractivity contribution >= 4 is 15.9 Å². The first kappa shape index (κ1) is 18.9. The first-order valence-electron chi connectivity index (χ1n) is 9.97. The van der Waals surface area contributed by atoms with Gasteiger partial charge in [0.25, 0.3) is 5.91 Å². The molecule has 0 aromatic heterocycles. The number of hydrogen-bond donors (Lipinski definition) is 1. The Kier molecular flexibility index (Phi) is 5.03. The lowest BCUT2D eigenvalue weighted by Gasteiger charge is -2.24. The Hall–Kier alpha value is -1.44. The zero-order valence-electron chi connectivity index (χ0n) is 15.6. The van der Waals surface area contributed by atoms with Crippen LogP contribution in [0.2, 0.25) is 0 Å². The fraction of sp³-hybridized carbons (Fsp3) is 0.650. The molecule has 1 aromatic rings. The topological polar surface area (TPSA) is 77.9 Å². The summed E-state index contributed by atoms with van der Waals surface area (Å²) in [6, 6.07) is 6.03. The van der Waals surface area contributed by atoms with Crippen molar-refractivity contribution < 1.29 is 18.3 Å². The molecule has 1 aromatic carbocycles. The van der Waals surface area contributed by atoms with Gasteiger partial charge in [-0.15, -0.1) is 0 Å². The standard InChI is InChI=1S/C20H28N2O4S/c23-14-17-6-4-11-22(17)27(25,26)18-7-3-5-16(13-18)19(24)21-12-10-20(15-21)8-1-2-9-20/h3,5,7,13,17,23H,1-2,4,6,8-12,14-15H2/t17-/m1/s1. The maximum Gasteiger partial charge on any atom is 0.253 e. The molecule has 1 spiro atoms. The van der Waals surface area contributed by atoms with Gasteiger partial charge in [-0.25, -0.2) is 8.42 Å². The summed E-state index contributed by atoms with van der Waals surface area (Å²) in [6.07, 6.45) is 7.37. The molecule has 6 nitrogen and oxygen atoms in total. The summed E-state index contributed by atoms with van der Waals surface area (Å²) in [5.41, 5.74) is 0.731. The van der Waals surface area contributed by atoms with Gasteiger partial charge in [0.1, 0.15) is 0 Å². The van der Waals surface area contributed by atoms with E-state index in [0.29, 0.717) is 23.9 Å². The Morgan fingerprint density at radius 3 is 2.67 bits per heavy atom. The number of sulfonamides is 1. The highest BCUT2D eigenvalue weighted by molar-refractivity contribution is 7.89. The second kappa shape index (κ2) is 7.18. The fourth-order valence-corrected chi connectivity index (χ4v) is 6.79. The monoisotopic (exact) mass is 392 g/mol. The van der Waals surface area contributed by atoms with Gasteiger partial charge in [-0.3, -0.25) is 4.79 Å². The molecule has 7 heteroatoms. The molecule has 1 N–H and O–H groups in total. The molecule has 1 amide bonds. The molecular formula is C20H28N2O4S. The van der Waals surface area contributed by atoms with E-state index in [-0.39, 0.29) is 23.5 Å². The fourth-order valence-electron chi connectivity index (χ4n) is 5.06. The van der Waals surface area contributed by atoms with Crippen molar-refractivity contribution in [3.8, 4) is 0 Å². The molecule has 148 valence electrons. The second-order valence-corrected chi connectivity index (χ2v) is 10.2. The van der Waals surface area contributed by atoms with Crippen molar-refractivity contribution in [1.29, 1.82) is 0 Å². The van der Waals surface area contributed by atoms with E-state index in [1.807, 2.05) is 4.90 Å². The van der Waals surface area contributed by atoms with Gasteiger partial charge in [-0.2, -0.15) is 4.31 Å². The summed E-state index contributed by atoms with van der Waals surface area (Å²) < 4.78 is 27.4. The SMILES string of the molecule is O=C(c1cccc(S(=O)(=O)N2CCC[C@@H]2CO)c1)N1CCC2(CCCC2)C1. The second-order valence-electron chi connectivity index (χ2n) is 8.31. The quantitative estimate of drug-likeness (QED) is 0.852. The number of aliphatic hydroxyl groups excluding tert-OH is 1. The third kappa shape index (κ3) is 3.41. The van der Waals surface area contributed by atoms with Crippen LogP contribution >= 0.6 is 0 Å². The van der Waals surface area contributed by atoms with Crippen LogP contribution in [-0.2, 0) is 10.0 Å². The average molecular weight is 393 g/mol. The Balaban J connectivity index is 1.55. The predicted molar refractivity (Wildman–Crippen MR) is 102 cm³/mol. The van der Waals surface area contributed by atoms with Gasteiger partial charge in [0, 0.05) is 31.2 Å². The molecule has 0 unspecified atom stereocenters. The molecule has 2 heterocycles. The predicted octanol–water partition coefficient (Wildman–Crippen LogP) is 2.24. The molecular weight excluding hydrogens is 364 g/mol. The number of hydrogen-bond acceptors (Lipinski definition) is 4. The molecule has 1 aliphatic carbocycles. The highest BCUT2D eigenvalue weighted by Gasteiger charge is 2.42. The van der Waals surface area contributed by atoms with Crippen molar-refractivity contribution in [2.75, 3.05) is 26.2 Å². The number of likely N-dealkylation sites (tertiary alicyclic amines) is 1. The summed E-state index contributed by atoms with van der Waals surface area (Å²) in [5, 5.41) is 9.47. The maximum absolute atomic E-state index is 13.0. The number of rotatable bonds is 4. The number of amides is 1.